The van der Waals surface area contributed by atoms with Gasteiger partial charge < -0.3 is 53.1 Å². The standard InChI is InChI=1S/C40H58N2O15/c1-12-27-40(8)34(55-38(49)56-40)21(3)28(41-57-36(48)25-16-14-13-15-17-25)20(2)18-39(7,50-11)33(22(4)30(44)23(5)35(47)53-27)54-37-32(46)29(42(9)10)31(45)26(52-37)19-51-24(6)43/h13-17,20-23,26-27,29,31-34,37,45-46H,12,18-19H2,1-11H3/b41-28+/t20-,21+,22+,23-,26-,27?,29+,31-,32-,33-,34-,37+,39-,40-/m1/s1. The van der Waals surface area contributed by atoms with Crippen LogP contribution in [0.1, 0.15) is 78.6 Å². The molecule has 17 nitrogen and oxygen atoms in total. The van der Waals surface area contributed by atoms with E-state index in [0.717, 1.165) is 0 Å². The maximum atomic E-state index is 14.4. The molecule has 17 heteroatoms. The summed E-state index contributed by atoms with van der Waals surface area (Å²) in [6.45, 7) is 12.3. The first-order valence-corrected chi connectivity index (χ1v) is 19.2. The van der Waals surface area contributed by atoms with Crippen molar-refractivity contribution in [2.24, 2.45) is 28.8 Å². The van der Waals surface area contributed by atoms with Gasteiger partial charge in [0.15, 0.2) is 23.8 Å². The number of hydrogen-bond acceptors (Lipinski definition) is 17. The molecule has 0 bridgehead atoms. The fourth-order valence-corrected chi connectivity index (χ4v) is 8.28. The van der Waals surface area contributed by atoms with Crippen LogP contribution in [0.3, 0.4) is 0 Å². The fourth-order valence-electron chi connectivity index (χ4n) is 8.28. The molecule has 0 aromatic heterocycles. The smallest absolute Gasteiger partial charge is 0.463 e. The molecular weight excluding hydrogens is 748 g/mol. The molecule has 3 saturated heterocycles. The minimum absolute atomic E-state index is 0.0194. The van der Waals surface area contributed by atoms with Crippen LogP contribution in [0.5, 0.6) is 0 Å². The average molecular weight is 807 g/mol. The quantitative estimate of drug-likeness (QED) is 0.121. The summed E-state index contributed by atoms with van der Waals surface area (Å²) in [5, 5.41) is 27.1. The minimum Gasteiger partial charge on any atom is -0.463 e. The largest absolute Gasteiger partial charge is 0.509 e. The number of aliphatic hydroxyl groups excluding tert-OH is 2. The Morgan fingerprint density at radius 3 is 2.21 bits per heavy atom. The zero-order chi connectivity index (χ0) is 42.6. The van der Waals surface area contributed by atoms with Crippen LogP contribution in [0.4, 0.5) is 4.79 Å². The minimum atomic E-state index is -1.55. The molecule has 3 aliphatic rings. The lowest BCUT2D eigenvalue weighted by atomic mass is 9.74. The zero-order valence-electron chi connectivity index (χ0n) is 34.5. The van der Waals surface area contributed by atoms with Gasteiger partial charge in [0.1, 0.15) is 36.9 Å². The van der Waals surface area contributed by atoms with Crippen molar-refractivity contribution < 1.29 is 72.2 Å². The number of likely N-dealkylation sites (N-methyl/N-ethyl adjacent to an activating group) is 1. The number of ether oxygens (including phenoxy) is 7. The number of nitrogens with zero attached hydrogens (tertiary/aromatic N) is 2. The van der Waals surface area contributed by atoms with Crippen LogP contribution in [0.2, 0.25) is 0 Å². The number of esters is 2. The van der Waals surface area contributed by atoms with E-state index in [-0.39, 0.29) is 30.7 Å². The van der Waals surface area contributed by atoms with Gasteiger partial charge >= 0.3 is 24.1 Å². The van der Waals surface area contributed by atoms with Crippen molar-refractivity contribution in [1.82, 2.24) is 4.90 Å². The highest BCUT2D eigenvalue weighted by Gasteiger charge is 2.59. The number of carbonyl (C=O) groups excluding carboxylic acids is 5. The Kier molecular flexibility index (Phi) is 15.0. The number of aliphatic hydroxyl groups is 2. The highest BCUT2D eigenvalue weighted by atomic mass is 16.8. The summed E-state index contributed by atoms with van der Waals surface area (Å²) in [6, 6.07) is 7.25. The van der Waals surface area contributed by atoms with Crippen LogP contribution in [-0.4, -0.2) is 139 Å². The SMILES string of the molecule is CCC1OC(=O)[C@H](C)C(=O)[C@H](C)[C@@H](O[C@@H]2O[C@H](COC(C)=O)[C@@H](O)[C@H](N(C)C)[C@H]2O)[C@](C)(OC)C[C@@H](C)/C(=N\OC(=O)c2ccccc2)[C@H](C)[C@H]2OC(=O)O[C@]12C. The Balaban J connectivity index is 1.86. The molecule has 0 amide bonds. The van der Waals surface area contributed by atoms with Gasteiger partial charge in [0.2, 0.25) is 0 Å². The van der Waals surface area contributed by atoms with Gasteiger partial charge in [-0.1, -0.05) is 51.0 Å². The van der Waals surface area contributed by atoms with Crippen molar-refractivity contribution in [3.63, 3.8) is 0 Å². The predicted molar refractivity (Wildman–Crippen MR) is 201 cm³/mol. The lowest BCUT2D eigenvalue weighted by Gasteiger charge is -2.48. The van der Waals surface area contributed by atoms with E-state index in [9.17, 15) is 34.2 Å². The van der Waals surface area contributed by atoms with E-state index in [0.29, 0.717) is 0 Å². The van der Waals surface area contributed by atoms with E-state index >= 15 is 0 Å². The van der Waals surface area contributed by atoms with Gasteiger partial charge in [-0.3, -0.25) is 14.4 Å². The summed E-state index contributed by atoms with van der Waals surface area (Å²) in [7, 11) is 4.68. The number of benzene rings is 1. The van der Waals surface area contributed by atoms with Gasteiger partial charge in [0.25, 0.3) is 0 Å². The van der Waals surface area contributed by atoms with Gasteiger partial charge in [0.05, 0.1) is 29.0 Å². The maximum absolute atomic E-state index is 14.4. The Bertz CT molecular complexity index is 1640. The molecule has 57 heavy (non-hydrogen) atoms. The Labute approximate surface area is 333 Å². The first-order valence-electron chi connectivity index (χ1n) is 19.2. The van der Waals surface area contributed by atoms with Gasteiger partial charge in [-0.2, -0.15) is 0 Å². The molecule has 0 radical (unpaired) electrons. The van der Waals surface area contributed by atoms with E-state index in [4.69, 9.17) is 38.0 Å². The van der Waals surface area contributed by atoms with E-state index in [1.165, 1.54) is 21.0 Å². The van der Waals surface area contributed by atoms with Crippen molar-refractivity contribution in [2.75, 3.05) is 27.8 Å². The van der Waals surface area contributed by atoms with Crippen LogP contribution < -0.4 is 0 Å². The third-order valence-electron chi connectivity index (χ3n) is 11.5. The molecule has 2 N–H and O–H groups in total. The van der Waals surface area contributed by atoms with Crippen LogP contribution in [0.25, 0.3) is 0 Å². The Morgan fingerprint density at radius 2 is 1.63 bits per heavy atom. The predicted octanol–water partition coefficient (Wildman–Crippen LogP) is 3.06. The second-order valence-electron chi connectivity index (χ2n) is 15.8. The molecule has 1 unspecified atom stereocenters. The number of rotatable bonds is 9. The molecule has 3 aliphatic heterocycles. The number of oxime groups is 1. The van der Waals surface area contributed by atoms with Crippen LogP contribution in [0.15, 0.2) is 35.5 Å². The third kappa shape index (κ3) is 9.83. The number of fused-ring (bicyclic) bond motifs is 1. The van der Waals surface area contributed by atoms with Crippen molar-refractivity contribution in [3.8, 4) is 0 Å². The summed E-state index contributed by atoms with van der Waals surface area (Å²) in [6.07, 6.45) is -9.73. The number of carbonyl (C=O) groups is 5. The maximum Gasteiger partial charge on any atom is 0.509 e. The van der Waals surface area contributed by atoms with Crippen molar-refractivity contribution in [1.29, 1.82) is 0 Å². The van der Waals surface area contributed by atoms with Gasteiger partial charge in [-0.05, 0) is 59.8 Å². The molecule has 1 aromatic carbocycles. The molecule has 4 rings (SSSR count). The van der Waals surface area contributed by atoms with Crippen molar-refractivity contribution in [2.45, 2.75) is 128 Å². The normalized spacial score (nSPS) is 38.7. The molecule has 0 aliphatic carbocycles. The van der Waals surface area contributed by atoms with Crippen LogP contribution in [-0.2, 0) is 52.4 Å². The number of ketones is 1. The first-order chi connectivity index (χ1) is 26.7. The summed E-state index contributed by atoms with van der Waals surface area (Å²) < 4.78 is 41.4. The first kappa shape index (κ1) is 45.7. The summed E-state index contributed by atoms with van der Waals surface area (Å²) >= 11 is 0. The van der Waals surface area contributed by atoms with E-state index < -0.39 is 114 Å². The van der Waals surface area contributed by atoms with Gasteiger partial charge in [-0.25, -0.2) is 9.59 Å². The van der Waals surface area contributed by atoms with E-state index in [1.807, 2.05) is 0 Å². The molecule has 318 valence electrons. The third-order valence-corrected chi connectivity index (χ3v) is 11.5. The Hall–Kier alpha value is -4.00. The lowest BCUT2D eigenvalue weighted by Crippen LogP contribution is -2.65. The molecule has 3 heterocycles. The number of Topliss-reactive ketones (excluding diaryl/α,β-unsaturated/α-hetero) is 1. The highest BCUT2D eigenvalue weighted by molar-refractivity contribution is 6.00. The summed E-state index contributed by atoms with van der Waals surface area (Å²) in [5.74, 6) is -6.83. The number of cyclic esters (lactones) is 1. The van der Waals surface area contributed by atoms with Gasteiger partial charge in [-0.15, -0.1) is 0 Å². The van der Waals surface area contributed by atoms with Crippen LogP contribution in [0, 0.1) is 23.7 Å². The van der Waals surface area contributed by atoms with E-state index in [1.54, 1.807) is 90.9 Å². The Morgan fingerprint density at radius 1 is 0.982 bits per heavy atom. The highest BCUT2D eigenvalue weighted by Crippen LogP contribution is 2.42. The number of hydrogen-bond donors (Lipinski definition) is 2. The van der Waals surface area contributed by atoms with E-state index in [2.05, 4.69) is 5.16 Å². The second kappa shape index (κ2) is 18.7. The topological polar surface area (TPSA) is 215 Å². The lowest BCUT2D eigenvalue weighted by molar-refractivity contribution is -0.319. The molecular formula is C40H58N2O15. The molecule has 0 saturated carbocycles. The summed E-state index contributed by atoms with van der Waals surface area (Å²) in [5.41, 5.74) is -2.53. The second-order valence-corrected chi connectivity index (χ2v) is 15.8. The fraction of sp³-hybridized carbons (Fsp3) is 0.700. The number of methoxy groups -OCH3 is 1. The van der Waals surface area contributed by atoms with Crippen LogP contribution >= 0.6 is 0 Å². The summed E-state index contributed by atoms with van der Waals surface area (Å²) in [4.78, 5) is 73.0. The monoisotopic (exact) mass is 806 g/mol. The molecule has 0 spiro atoms. The zero-order valence-corrected chi connectivity index (χ0v) is 34.5. The van der Waals surface area contributed by atoms with Crippen molar-refractivity contribution in [3.05, 3.63) is 35.9 Å². The molecule has 1 aromatic rings. The van der Waals surface area contributed by atoms with Gasteiger partial charge in [0, 0.05) is 31.8 Å². The molecule has 3 fully saturated rings. The van der Waals surface area contributed by atoms with Crippen molar-refractivity contribution >= 4 is 35.6 Å². The average Bonchev–Trinajstić information content (AvgIpc) is 3.48. The molecule has 14 atom stereocenters.